The molecule has 6 heteroatoms. The zero-order chi connectivity index (χ0) is 22.5. The third-order valence-electron chi connectivity index (χ3n) is 5.79. The highest BCUT2D eigenvalue weighted by molar-refractivity contribution is 8.03. The van der Waals surface area contributed by atoms with Crippen molar-refractivity contribution in [3.8, 4) is 0 Å². The van der Waals surface area contributed by atoms with Crippen molar-refractivity contribution in [1.29, 1.82) is 0 Å². The van der Waals surface area contributed by atoms with Crippen LogP contribution < -0.4 is 9.47 Å². The van der Waals surface area contributed by atoms with Gasteiger partial charge in [-0.1, -0.05) is 55.8 Å². The number of anilines is 1. The fraction of sp³-hybridized carbons (Fsp3) is 0.269. The number of unbranched alkanes of at least 4 members (excludes halogenated alkanes) is 3. The molecule has 0 unspecified atom stereocenters. The monoisotopic (exact) mass is 446 g/mol. The second-order valence-electron chi connectivity index (χ2n) is 7.98. The molecule has 164 valence electrons. The Bertz CT molecular complexity index is 1200. The van der Waals surface area contributed by atoms with Crippen molar-refractivity contribution in [2.75, 3.05) is 11.9 Å². The molecule has 0 fully saturated rings. The average molecular weight is 447 g/mol. The quantitative estimate of drug-likeness (QED) is 0.167. The number of rotatable bonds is 8. The molecule has 0 atom stereocenters. The molecular weight excluding hydrogens is 418 g/mol. The third-order valence-corrected chi connectivity index (χ3v) is 6.95. The minimum Gasteiger partial charge on any atom is -0.338 e. The Kier molecular flexibility index (Phi) is 6.90. The van der Waals surface area contributed by atoms with Crippen molar-refractivity contribution in [2.24, 2.45) is 0 Å². The highest BCUT2D eigenvalue weighted by atomic mass is 32.2. The molecule has 3 aromatic rings. The number of nitrogens with zero attached hydrogens (tertiary/aromatic N) is 3. The topological polar surface area (TPSA) is 50.3 Å². The van der Waals surface area contributed by atoms with Crippen molar-refractivity contribution in [3.63, 3.8) is 0 Å². The maximum absolute atomic E-state index is 11.1. The lowest BCUT2D eigenvalue weighted by Gasteiger charge is -2.12. The lowest BCUT2D eigenvalue weighted by atomic mass is 10.1. The second kappa shape index (κ2) is 10.0. The van der Waals surface area contributed by atoms with Gasteiger partial charge < -0.3 is 4.90 Å². The van der Waals surface area contributed by atoms with Gasteiger partial charge in [-0.15, -0.1) is 0 Å². The number of para-hydroxylation sites is 1. The van der Waals surface area contributed by atoms with Crippen molar-refractivity contribution in [2.45, 2.75) is 44.0 Å². The molecule has 0 saturated carbocycles. The molecule has 1 aliphatic heterocycles. The van der Waals surface area contributed by atoms with E-state index in [1.54, 1.807) is 23.9 Å². The molecule has 0 amide bonds. The number of aromatic nitrogens is 1. The summed E-state index contributed by atoms with van der Waals surface area (Å²) in [6, 6.07) is 15.7. The Balaban J connectivity index is 1.54. The van der Waals surface area contributed by atoms with Crippen LogP contribution in [0.25, 0.3) is 17.0 Å². The molecule has 0 aliphatic carbocycles. The molecule has 0 radical (unpaired) electrons. The Morgan fingerprint density at radius 1 is 1.12 bits per heavy atom. The molecule has 2 aromatic carbocycles. The smallest absolute Gasteiger partial charge is 0.270 e. The first-order valence-electron chi connectivity index (χ1n) is 11.1. The molecule has 0 spiro atoms. The molecule has 0 N–H and O–H groups in total. The number of nitro groups is 1. The largest absolute Gasteiger partial charge is 0.338 e. The predicted molar refractivity (Wildman–Crippen MR) is 133 cm³/mol. The number of nitro benzene ring substituents is 1. The van der Waals surface area contributed by atoms with E-state index < -0.39 is 0 Å². The van der Waals surface area contributed by atoms with Gasteiger partial charge in [-0.3, -0.25) is 10.1 Å². The first-order valence-corrected chi connectivity index (χ1v) is 11.9. The fourth-order valence-corrected chi connectivity index (χ4v) is 5.11. The summed E-state index contributed by atoms with van der Waals surface area (Å²) in [7, 11) is 1.99. The summed E-state index contributed by atoms with van der Waals surface area (Å²) in [5.74, 6) is 0. The van der Waals surface area contributed by atoms with Gasteiger partial charge in [0.05, 0.1) is 21.0 Å². The normalized spacial score (nSPS) is 14.6. The summed E-state index contributed by atoms with van der Waals surface area (Å²) in [4.78, 5) is 13.7. The summed E-state index contributed by atoms with van der Waals surface area (Å²) in [6.45, 7) is 3.28. The van der Waals surface area contributed by atoms with Crippen LogP contribution in [0.4, 0.5) is 11.4 Å². The molecule has 0 bridgehead atoms. The Morgan fingerprint density at radius 3 is 2.78 bits per heavy atom. The van der Waals surface area contributed by atoms with Gasteiger partial charge in [0.15, 0.2) is 6.20 Å². The van der Waals surface area contributed by atoms with Crippen LogP contribution >= 0.6 is 11.8 Å². The number of hydrogen-bond acceptors (Lipinski definition) is 4. The SMILES string of the molecule is CCCCCC[n+]1ccc(C=CC=C2Sc3cc([N+](=O)[O-])ccc3N2C)c2ccccc21. The van der Waals surface area contributed by atoms with Crippen molar-refractivity contribution in [3.05, 3.63) is 87.6 Å². The molecule has 32 heavy (non-hydrogen) atoms. The van der Waals surface area contributed by atoms with Gasteiger partial charge in [-0.05, 0) is 30.2 Å². The highest BCUT2D eigenvalue weighted by Crippen LogP contribution is 2.46. The first-order chi connectivity index (χ1) is 15.6. The van der Waals surface area contributed by atoms with E-state index in [0.29, 0.717) is 0 Å². The standard InChI is InChI=1S/C26H28N3O2S/c1-3-4-5-8-17-28-18-16-20(22-11-6-7-12-23(22)28)10-9-13-26-27(2)24-15-14-21(29(30)31)19-25(24)32-26/h6-7,9-16,18-19H,3-5,8,17H2,1-2H3/q+1. The van der Waals surface area contributed by atoms with E-state index >= 15 is 0 Å². The zero-order valence-corrected chi connectivity index (χ0v) is 19.3. The van der Waals surface area contributed by atoms with E-state index in [2.05, 4.69) is 71.1 Å². The van der Waals surface area contributed by atoms with Gasteiger partial charge in [0.1, 0.15) is 6.54 Å². The van der Waals surface area contributed by atoms with Crippen LogP contribution in [0.5, 0.6) is 0 Å². The summed E-state index contributed by atoms with van der Waals surface area (Å²) >= 11 is 1.56. The van der Waals surface area contributed by atoms with Crippen LogP contribution in [0.3, 0.4) is 0 Å². The van der Waals surface area contributed by atoms with E-state index in [1.165, 1.54) is 42.1 Å². The van der Waals surface area contributed by atoms with Crippen LogP contribution in [-0.2, 0) is 6.54 Å². The average Bonchev–Trinajstić information content (AvgIpc) is 3.12. The number of benzene rings is 2. The number of aryl methyl sites for hydroxylation is 1. The number of hydrogen-bond donors (Lipinski definition) is 0. The Morgan fingerprint density at radius 2 is 1.97 bits per heavy atom. The van der Waals surface area contributed by atoms with Gasteiger partial charge >= 0.3 is 0 Å². The van der Waals surface area contributed by atoms with E-state index in [0.717, 1.165) is 22.2 Å². The van der Waals surface area contributed by atoms with Gasteiger partial charge in [0.2, 0.25) is 5.52 Å². The van der Waals surface area contributed by atoms with Gasteiger partial charge in [0, 0.05) is 42.6 Å². The maximum Gasteiger partial charge on any atom is 0.270 e. The van der Waals surface area contributed by atoms with Crippen LogP contribution in [0.1, 0.15) is 38.2 Å². The summed E-state index contributed by atoms with van der Waals surface area (Å²) in [6.07, 6.45) is 13.5. The molecule has 4 rings (SSSR count). The predicted octanol–water partition coefficient (Wildman–Crippen LogP) is 6.71. The van der Waals surface area contributed by atoms with Gasteiger partial charge in [-0.25, -0.2) is 0 Å². The first kappa shape index (κ1) is 22.1. The van der Waals surface area contributed by atoms with E-state index in [1.807, 2.05) is 13.1 Å². The lowest BCUT2D eigenvalue weighted by molar-refractivity contribution is -0.671. The van der Waals surface area contributed by atoms with E-state index in [-0.39, 0.29) is 10.6 Å². The van der Waals surface area contributed by atoms with E-state index in [9.17, 15) is 10.1 Å². The fourth-order valence-electron chi connectivity index (χ4n) is 4.01. The second-order valence-corrected chi connectivity index (χ2v) is 9.04. The third kappa shape index (κ3) is 4.70. The van der Waals surface area contributed by atoms with Crippen LogP contribution in [0, 0.1) is 10.1 Å². The van der Waals surface area contributed by atoms with Crippen LogP contribution in [-0.4, -0.2) is 12.0 Å². The summed E-state index contributed by atoms with van der Waals surface area (Å²) in [5, 5.41) is 13.4. The number of allylic oxidation sites excluding steroid dienone is 2. The number of pyridine rings is 1. The molecule has 1 aliphatic rings. The van der Waals surface area contributed by atoms with Crippen LogP contribution in [0.2, 0.25) is 0 Å². The zero-order valence-electron chi connectivity index (χ0n) is 18.5. The van der Waals surface area contributed by atoms with Crippen LogP contribution in [0.15, 0.2) is 76.8 Å². The molecule has 0 saturated heterocycles. The highest BCUT2D eigenvalue weighted by Gasteiger charge is 2.23. The minimum atomic E-state index is -0.348. The minimum absolute atomic E-state index is 0.125. The molecule has 2 heterocycles. The molecule has 1 aromatic heterocycles. The van der Waals surface area contributed by atoms with E-state index in [4.69, 9.17) is 0 Å². The van der Waals surface area contributed by atoms with Crippen molar-refractivity contribution in [1.82, 2.24) is 0 Å². The summed E-state index contributed by atoms with van der Waals surface area (Å²) in [5.41, 5.74) is 3.56. The van der Waals surface area contributed by atoms with Gasteiger partial charge in [0.25, 0.3) is 5.69 Å². The maximum atomic E-state index is 11.1. The van der Waals surface area contributed by atoms with Crippen molar-refractivity contribution < 1.29 is 9.49 Å². The van der Waals surface area contributed by atoms with Crippen molar-refractivity contribution >= 4 is 40.1 Å². The number of thioether (sulfide) groups is 1. The molecule has 5 nitrogen and oxygen atoms in total. The number of fused-ring (bicyclic) bond motifs is 2. The molecular formula is C26H28N3O2S+. The summed E-state index contributed by atoms with van der Waals surface area (Å²) < 4.78 is 2.35. The Labute approximate surface area is 193 Å². The Hall–Kier alpha value is -3.12. The number of non-ortho nitro benzene ring substituents is 1. The van der Waals surface area contributed by atoms with Gasteiger partial charge in [-0.2, -0.15) is 4.57 Å². The lowest BCUT2D eigenvalue weighted by Crippen LogP contribution is -2.34.